The Morgan fingerprint density at radius 2 is 0.725 bits per heavy atom. The number of methoxy groups -OCH3 is 2. The Bertz CT molecular complexity index is 1370. The van der Waals surface area contributed by atoms with Crippen molar-refractivity contribution in [2.24, 2.45) is 106 Å². The third-order valence-corrected chi connectivity index (χ3v) is 16.0. The van der Waals surface area contributed by atoms with E-state index in [1.165, 1.54) is 14.2 Å². The molecule has 8 unspecified atom stereocenters. The molecule has 0 heterocycles. The normalized spacial score (nSPS) is 66.5. The Morgan fingerprint density at radius 1 is 0.475 bits per heavy atom. The van der Waals surface area contributed by atoms with E-state index in [-0.39, 0.29) is 107 Å². The fraction of sp³-hybridized carbons (Fsp3) is 0.786. The standard InChI is InChI=1S/C28H22Cl2O10/c1-37-23(35)25-11-3-4-12(25)6-8-14(4)26(24(36)38-2)13(3)7-5(11)15-9-10(16(6)27(15,25)39-21(33)19(29)31)18(8)28(26,17(7)9)40-22(34)20(30)32/h3-18H,1-2H3/t3?,4?,5-,6+,7+,8-,9?,10?,11+,12-,13-,14+,15+,16-,17-,18+,25?,26?,27?,28?. The molecule has 0 aromatic rings. The Kier molecular flexibility index (Phi) is 3.13. The van der Waals surface area contributed by atoms with Gasteiger partial charge in [-0.3, -0.25) is 19.2 Å². The van der Waals surface area contributed by atoms with Gasteiger partial charge in [-0.1, -0.05) is 0 Å². The maximum atomic E-state index is 14.3. The maximum absolute atomic E-state index is 14.3. The van der Waals surface area contributed by atoms with E-state index < -0.39 is 44.5 Å². The molecule has 0 radical (unpaired) electrons. The van der Waals surface area contributed by atoms with Crippen LogP contribution in [0.2, 0.25) is 0 Å². The summed E-state index contributed by atoms with van der Waals surface area (Å²) in [7, 11) is 2.74. The largest absolute Gasteiger partial charge is 0.468 e. The predicted molar refractivity (Wildman–Crippen MR) is 124 cm³/mol. The van der Waals surface area contributed by atoms with Gasteiger partial charge in [-0.05, 0) is 94.2 Å². The first kappa shape index (κ1) is 22.4. The molecule has 12 fully saturated rings. The van der Waals surface area contributed by atoms with Crippen LogP contribution in [0.3, 0.4) is 0 Å². The SMILES string of the molecule is COC(=O)C12[C@@H]3C4C5[C@@H]6[C@@H]7[C@@H]([C@H]8C9C%10[C@@H]%11[C@H]([C@@H]3[C@H]%10C81OC(=O)C(=O)Cl)[C@H]4C6(C(=O)OC)C%11(OC(=O)C(=O)Cl)[C@@H]97)[C@H]52. The van der Waals surface area contributed by atoms with Gasteiger partial charge < -0.3 is 18.9 Å². The number of esters is 4. The first-order valence-electron chi connectivity index (χ1n) is 14.1. The Labute approximate surface area is 236 Å². The zero-order chi connectivity index (χ0) is 27.5. The van der Waals surface area contributed by atoms with Crippen LogP contribution < -0.4 is 0 Å². The van der Waals surface area contributed by atoms with Gasteiger partial charge in [0.1, 0.15) is 22.0 Å². The number of ether oxygens (including phenoxy) is 4. The molecule has 12 aliphatic rings. The second-order valence-electron chi connectivity index (χ2n) is 14.5. The predicted octanol–water partition coefficient (Wildman–Crippen LogP) is 0.409. The smallest absolute Gasteiger partial charge is 0.392 e. The molecule has 0 aromatic carbocycles. The Balaban J connectivity index is 1.26. The van der Waals surface area contributed by atoms with Crippen molar-refractivity contribution in [2.45, 2.75) is 11.2 Å². The second kappa shape index (κ2) is 5.60. The Morgan fingerprint density at radius 3 is 0.975 bits per heavy atom. The summed E-state index contributed by atoms with van der Waals surface area (Å²) < 4.78 is 23.9. The molecule has 40 heavy (non-hydrogen) atoms. The topological polar surface area (TPSA) is 139 Å². The zero-order valence-corrected chi connectivity index (χ0v) is 22.6. The summed E-state index contributed by atoms with van der Waals surface area (Å²) in [6, 6.07) is 0. The third-order valence-electron chi connectivity index (χ3n) is 15.7. The molecule has 12 heteroatoms. The van der Waals surface area contributed by atoms with E-state index in [4.69, 9.17) is 42.1 Å². The summed E-state index contributed by atoms with van der Waals surface area (Å²) in [5.74, 6) is -5.32. The lowest BCUT2D eigenvalue weighted by Gasteiger charge is -2.49. The third kappa shape index (κ3) is 1.37. The monoisotopic (exact) mass is 588 g/mol. The fourth-order valence-corrected chi connectivity index (χ4v) is 17.5. The summed E-state index contributed by atoms with van der Waals surface area (Å²) >= 11 is 11.4. The zero-order valence-electron chi connectivity index (χ0n) is 21.1. The first-order valence-corrected chi connectivity index (χ1v) is 14.9. The van der Waals surface area contributed by atoms with Gasteiger partial charge >= 0.3 is 34.4 Å². The second-order valence-corrected chi connectivity index (χ2v) is 15.1. The van der Waals surface area contributed by atoms with Crippen molar-refractivity contribution in [1.82, 2.24) is 0 Å². The van der Waals surface area contributed by atoms with E-state index in [0.29, 0.717) is 0 Å². The van der Waals surface area contributed by atoms with Crippen molar-refractivity contribution < 1.29 is 47.7 Å². The molecule has 10 nitrogen and oxygen atoms in total. The molecule has 12 rings (SSSR count). The lowest BCUT2D eigenvalue weighted by molar-refractivity contribution is -0.210. The van der Waals surface area contributed by atoms with Crippen LogP contribution in [0.1, 0.15) is 0 Å². The van der Waals surface area contributed by atoms with Crippen molar-refractivity contribution in [3.8, 4) is 0 Å². The van der Waals surface area contributed by atoms with E-state index in [1.54, 1.807) is 0 Å². The van der Waals surface area contributed by atoms with Crippen LogP contribution >= 0.6 is 23.2 Å². The lowest BCUT2D eigenvalue weighted by Crippen LogP contribution is -2.62. The molecular formula is C28H22Cl2O10. The molecular weight excluding hydrogens is 567 g/mol. The molecule has 0 N–H and O–H groups in total. The number of carbonyl (C=O) groups excluding carboxylic acids is 6. The molecule has 0 spiro atoms. The van der Waals surface area contributed by atoms with E-state index in [9.17, 15) is 28.8 Å². The van der Waals surface area contributed by atoms with Gasteiger partial charge in [0, 0.05) is 23.7 Å². The summed E-state index contributed by atoms with van der Waals surface area (Å²) in [6.07, 6.45) is 0. The highest BCUT2D eigenvalue weighted by molar-refractivity contribution is 6.80. The van der Waals surface area contributed by atoms with Crippen LogP contribution in [0.15, 0.2) is 0 Å². The van der Waals surface area contributed by atoms with E-state index in [0.717, 1.165) is 0 Å². The first-order chi connectivity index (χ1) is 19.1. The number of hydrogen-bond acceptors (Lipinski definition) is 10. The molecule has 0 aromatic heterocycles. The van der Waals surface area contributed by atoms with E-state index >= 15 is 0 Å². The molecule has 20 atom stereocenters. The minimum absolute atomic E-state index is 0.0437. The van der Waals surface area contributed by atoms with E-state index in [1.807, 2.05) is 0 Å². The van der Waals surface area contributed by atoms with Crippen LogP contribution in [-0.4, -0.2) is 59.8 Å². The molecule has 0 aliphatic heterocycles. The van der Waals surface area contributed by atoms with Crippen LogP contribution in [0.4, 0.5) is 0 Å². The summed E-state index contributed by atoms with van der Waals surface area (Å²) in [4.78, 5) is 78.9. The molecule has 0 bridgehead atoms. The molecule has 208 valence electrons. The maximum Gasteiger partial charge on any atom is 0.392 e. The quantitative estimate of drug-likeness (QED) is 0.185. The Hall–Kier alpha value is -2.20. The molecule has 0 saturated heterocycles. The summed E-state index contributed by atoms with van der Waals surface area (Å²) in [5.41, 5.74) is -4.61. The minimum atomic E-state index is -1.22. The highest BCUT2D eigenvalue weighted by Gasteiger charge is 3.13. The number of hydrogen-bond donors (Lipinski definition) is 0. The number of rotatable bonds is 6. The van der Waals surface area contributed by atoms with Gasteiger partial charge in [-0.25, -0.2) is 9.59 Å². The van der Waals surface area contributed by atoms with Crippen LogP contribution in [0.25, 0.3) is 0 Å². The van der Waals surface area contributed by atoms with Gasteiger partial charge in [0.25, 0.3) is 0 Å². The molecule has 12 saturated carbocycles. The molecule has 12 aliphatic carbocycles. The van der Waals surface area contributed by atoms with Crippen LogP contribution in [-0.2, 0) is 47.7 Å². The van der Waals surface area contributed by atoms with Crippen molar-refractivity contribution in [1.29, 1.82) is 0 Å². The highest BCUT2D eigenvalue weighted by atomic mass is 35.5. The average molecular weight is 589 g/mol. The average Bonchev–Trinajstić information content (AvgIpc) is 3.72. The van der Waals surface area contributed by atoms with Crippen molar-refractivity contribution in [3.63, 3.8) is 0 Å². The van der Waals surface area contributed by atoms with Gasteiger partial charge in [0.15, 0.2) is 0 Å². The van der Waals surface area contributed by atoms with Crippen molar-refractivity contribution in [2.75, 3.05) is 14.2 Å². The van der Waals surface area contributed by atoms with Crippen LogP contribution in [0, 0.1) is 106 Å². The summed E-state index contributed by atoms with van der Waals surface area (Å²) in [6.45, 7) is 0. The van der Waals surface area contributed by atoms with Gasteiger partial charge in [-0.2, -0.15) is 0 Å². The van der Waals surface area contributed by atoms with Gasteiger partial charge in [0.05, 0.1) is 14.2 Å². The van der Waals surface area contributed by atoms with Crippen LogP contribution in [0.5, 0.6) is 0 Å². The summed E-state index contributed by atoms with van der Waals surface area (Å²) in [5, 5.41) is -2.44. The van der Waals surface area contributed by atoms with Crippen molar-refractivity contribution >= 4 is 57.6 Å². The molecule has 0 amide bonds. The number of halogens is 2. The van der Waals surface area contributed by atoms with Gasteiger partial charge in [0.2, 0.25) is 0 Å². The fourth-order valence-electron chi connectivity index (χ4n) is 17.4. The van der Waals surface area contributed by atoms with Gasteiger partial charge in [-0.15, -0.1) is 0 Å². The minimum Gasteiger partial charge on any atom is -0.468 e. The van der Waals surface area contributed by atoms with E-state index in [2.05, 4.69) is 0 Å². The highest BCUT2D eigenvalue weighted by Crippen LogP contribution is 3.08. The van der Waals surface area contributed by atoms with Crippen molar-refractivity contribution in [3.05, 3.63) is 0 Å². The number of carbonyl (C=O) groups is 6. The lowest BCUT2D eigenvalue weighted by atomic mass is 9.59.